The van der Waals surface area contributed by atoms with Crippen LogP contribution in [0.3, 0.4) is 0 Å². The second-order valence-electron chi connectivity index (χ2n) is 8.05. The summed E-state index contributed by atoms with van der Waals surface area (Å²) in [5, 5.41) is 0. The molecule has 3 aromatic carbocycles. The predicted octanol–water partition coefficient (Wildman–Crippen LogP) is 7.58. The highest BCUT2D eigenvalue weighted by Crippen LogP contribution is 2.34. The van der Waals surface area contributed by atoms with Crippen molar-refractivity contribution in [1.29, 1.82) is 0 Å². The van der Waals surface area contributed by atoms with Gasteiger partial charge in [-0.15, -0.1) is 0 Å². The normalized spacial score (nSPS) is 12.0. The summed E-state index contributed by atoms with van der Waals surface area (Å²) < 4.78 is 77.9. The van der Waals surface area contributed by atoms with Gasteiger partial charge in [0.2, 0.25) is 0 Å². The van der Waals surface area contributed by atoms with Gasteiger partial charge in [0.15, 0.2) is 5.82 Å². The van der Waals surface area contributed by atoms with Gasteiger partial charge in [-0.05, 0) is 54.6 Å². The first kappa shape index (κ1) is 24.3. The summed E-state index contributed by atoms with van der Waals surface area (Å²) in [4.78, 5) is 11.0. The number of nitrogens with zero attached hydrogens (tertiary/aromatic N) is 3. The van der Waals surface area contributed by atoms with Crippen molar-refractivity contribution in [3.63, 3.8) is 0 Å². The molecule has 0 aliphatic rings. The fourth-order valence-electron chi connectivity index (χ4n) is 3.44. The third kappa shape index (κ3) is 5.45. The fraction of sp³-hybridized carbons (Fsp3) is 0.154. The molecule has 0 aliphatic carbocycles. The molecule has 1 aromatic heterocycles. The molecule has 3 nitrogen and oxygen atoms in total. The standard InChI is InChI=1S/C26H19F6N3/c1-35(2)21-13-7-18(8-14-21)24-33-22(16-3-9-19(10-4-16)25(27,28)29)15-23(34-24)17-5-11-20(12-6-17)26(30,31)32/h3-15H,1-2H3. The molecule has 9 heteroatoms. The molecule has 4 rings (SSSR count). The first-order chi connectivity index (χ1) is 16.4. The zero-order valence-electron chi connectivity index (χ0n) is 18.6. The first-order valence-electron chi connectivity index (χ1n) is 10.4. The summed E-state index contributed by atoms with van der Waals surface area (Å²) in [5.74, 6) is 0.294. The van der Waals surface area contributed by atoms with Crippen molar-refractivity contribution >= 4 is 5.69 Å². The minimum atomic E-state index is -4.48. The number of hydrogen-bond donors (Lipinski definition) is 0. The summed E-state index contributed by atoms with van der Waals surface area (Å²) in [5.41, 5.74) is 1.52. The van der Waals surface area contributed by atoms with Crippen LogP contribution in [0.2, 0.25) is 0 Å². The van der Waals surface area contributed by atoms with Crippen LogP contribution >= 0.6 is 0 Å². The Kier molecular flexibility index (Phi) is 6.27. The van der Waals surface area contributed by atoms with Gasteiger partial charge < -0.3 is 4.90 Å². The van der Waals surface area contributed by atoms with Crippen LogP contribution in [-0.4, -0.2) is 24.1 Å². The van der Waals surface area contributed by atoms with Crippen molar-refractivity contribution in [3.05, 3.63) is 90.0 Å². The lowest BCUT2D eigenvalue weighted by Gasteiger charge is -2.14. The van der Waals surface area contributed by atoms with E-state index in [1.165, 1.54) is 24.3 Å². The van der Waals surface area contributed by atoms with E-state index in [4.69, 9.17) is 0 Å². The Labute approximate surface area is 197 Å². The molecular formula is C26H19F6N3. The predicted molar refractivity (Wildman–Crippen MR) is 123 cm³/mol. The Balaban J connectivity index is 1.82. The highest BCUT2D eigenvalue weighted by Gasteiger charge is 2.31. The second kappa shape index (κ2) is 9.05. The van der Waals surface area contributed by atoms with Crippen LogP contribution in [0, 0.1) is 0 Å². The molecule has 35 heavy (non-hydrogen) atoms. The number of aromatic nitrogens is 2. The van der Waals surface area contributed by atoms with Gasteiger partial charge in [-0.25, -0.2) is 9.97 Å². The average Bonchev–Trinajstić information content (AvgIpc) is 2.83. The topological polar surface area (TPSA) is 29.0 Å². The number of benzene rings is 3. The zero-order chi connectivity index (χ0) is 25.4. The number of rotatable bonds is 4. The van der Waals surface area contributed by atoms with E-state index in [2.05, 4.69) is 9.97 Å². The Morgan fingerprint density at radius 2 is 0.914 bits per heavy atom. The Bertz CT molecular complexity index is 1230. The molecule has 0 spiro atoms. The molecule has 0 bridgehead atoms. The summed E-state index contributed by atoms with van der Waals surface area (Å²) >= 11 is 0. The maximum Gasteiger partial charge on any atom is 0.416 e. The summed E-state index contributed by atoms with van der Waals surface area (Å²) in [6.07, 6.45) is -8.95. The molecule has 0 radical (unpaired) electrons. The van der Waals surface area contributed by atoms with E-state index in [1.807, 2.05) is 31.1 Å². The van der Waals surface area contributed by atoms with Gasteiger partial charge in [-0.2, -0.15) is 26.3 Å². The third-order valence-corrected chi connectivity index (χ3v) is 5.38. The highest BCUT2D eigenvalue weighted by molar-refractivity contribution is 5.72. The molecule has 0 unspecified atom stereocenters. The molecule has 0 fully saturated rings. The van der Waals surface area contributed by atoms with Gasteiger partial charge >= 0.3 is 12.4 Å². The van der Waals surface area contributed by atoms with E-state index in [-0.39, 0.29) is 0 Å². The van der Waals surface area contributed by atoms with Gasteiger partial charge in [0.1, 0.15) is 0 Å². The van der Waals surface area contributed by atoms with E-state index in [0.717, 1.165) is 30.0 Å². The first-order valence-corrected chi connectivity index (χ1v) is 10.4. The van der Waals surface area contributed by atoms with Gasteiger partial charge in [0, 0.05) is 36.5 Å². The summed E-state index contributed by atoms with van der Waals surface area (Å²) in [6.45, 7) is 0. The Hall–Kier alpha value is -3.88. The van der Waals surface area contributed by atoms with E-state index in [1.54, 1.807) is 18.2 Å². The van der Waals surface area contributed by atoms with Crippen molar-refractivity contribution in [1.82, 2.24) is 9.97 Å². The van der Waals surface area contributed by atoms with Crippen LogP contribution in [0.4, 0.5) is 32.0 Å². The minimum absolute atomic E-state index is 0.294. The SMILES string of the molecule is CN(C)c1ccc(-c2nc(-c3ccc(C(F)(F)F)cc3)cc(-c3ccc(C(F)(F)F)cc3)n2)cc1. The number of halogens is 6. The lowest BCUT2D eigenvalue weighted by Crippen LogP contribution is -2.08. The molecular weight excluding hydrogens is 468 g/mol. The third-order valence-electron chi connectivity index (χ3n) is 5.38. The lowest BCUT2D eigenvalue weighted by molar-refractivity contribution is -0.138. The molecule has 0 atom stereocenters. The fourth-order valence-corrected chi connectivity index (χ4v) is 3.44. The number of hydrogen-bond acceptors (Lipinski definition) is 3. The molecule has 0 N–H and O–H groups in total. The molecule has 4 aromatic rings. The zero-order valence-corrected chi connectivity index (χ0v) is 18.6. The smallest absolute Gasteiger partial charge is 0.378 e. The van der Waals surface area contributed by atoms with Crippen LogP contribution in [0.25, 0.3) is 33.9 Å². The quantitative estimate of drug-likeness (QED) is 0.278. The molecule has 0 saturated carbocycles. The van der Waals surface area contributed by atoms with Crippen molar-refractivity contribution in [2.75, 3.05) is 19.0 Å². The molecule has 0 saturated heterocycles. The van der Waals surface area contributed by atoms with Crippen molar-refractivity contribution in [3.8, 4) is 33.9 Å². The molecule has 180 valence electrons. The highest BCUT2D eigenvalue weighted by atomic mass is 19.4. The maximum absolute atomic E-state index is 13.0. The van der Waals surface area contributed by atoms with Crippen LogP contribution in [0.1, 0.15) is 11.1 Å². The van der Waals surface area contributed by atoms with E-state index in [9.17, 15) is 26.3 Å². The number of anilines is 1. The summed E-state index contributed by atoms with van der Waals surface area (Å²) in [7, 11) is 3.78. The Morgan fingerprint density at radius 3 is 1.26 bits per heavy atom. The van der Waals surface area contributed by atoms with Crippen LogP contribution in [-0.2, 0) is 12.4 Å². The second-order valence-corrected chi connectivity index (χ2v) is 8.05. The van der Waals surface area contributed by atoms with Crippen molar-refractivity contribution in [2.45, 2.75) is 12.4 Å². The van der Waals surface area contributed by atoms with Crippen LogP contribution in [0.15, 0.2) is 78.9 Å². The van der Waals surface area contributed by atoms with Gasteiger partial charge in [-0.3, -0.25) is 0 Å². The van der Waals surface area contributed by atoms with Crippen molar-refractivity contribution < 1.29 is 26.3 Å². The van der Waals surface area contributed by atoms with E-state index >= 15 is 0 Å². The van der Waals surface area contributed by atoms with E-state index < -0.39 is 23.5 Å². The Morgan fingerprint density at radius 1 is 0.543 bits per heavy atom. The minimum Gasteiger partial charge on any atom is -0.378 e. The average molecular weight is 487 g/mol. The van der Waals surface area contributed by atoms with Gasteiger partial charge in [-0.1, -0.05) is 24.3 Å². The maximum atomic E-state index is 13.0. The largest absolute Gasteiger partial charge is 0.416 e. The molecule has 1 heterocycles. The van der Waals surface area contributed by atoms with Crippen LogP contribution in [0.5, 0.6) is 0 Å². The number of alkyl halides is 6. The van der Waals surface area contributed by atoms with Crippen molar-refractivity contribution in [2.24, 2.45) is 0 Å². The van der Waals surface area contributed by atoms with Crippen LogP contribution < -0.4 is 4.90 Å². The lowest BCUT2D eigenvalue weighted by atomic mass is 10.0. The summed E-state index contributed by atoms with van der Waals surface area (Å²) in [6, 6.07) is 17.9. The molecule has 0 amide bonds. The van der Waals surface area contributed by atoms with Gasteiger partial charge in [0.05, 0.1) is 22.5 Å². The van der Waals surface area contributed by atoms with Gasteiger partial charge in [0.25, 0.3) is 0 Å². The molecule has 0 aliphatic heterocycles. The van der Waals surface area contributed by atoms with E-state index in [0.29, 0.717) is 33.9 Å². The monoisotopic (exact) mass is 487 g/mol.